The number of carbonyl (C=O) groups is 1. The van der Waals surface area contributed by atoms with Gasteiger partial charge in [0.1, 0.15) is 0 Å². The second-order valence-corrected chi connectivity index (χ2v) is 4.02. The average molecular weight is 246 g/mol. The van der Waals surface area contributed by atoms with Crippen LogP contribution in [0.5, 0.6) is 0 Å². The Morgan fingerprint density at radius 3 is 2.78 bits per heavy atom. The SMILES string of the molecule is CCOCCN(C)c1cc(C#N)ccc1C(C)=O. The quantitative estimate of drug-likeness (QED) is 0.570. The van der Waals surface area contributed by atoms with Crippen LogP contribution in [0.2, 0.25) is 0 Å². The van der Waals surface area contributed by atoms with Gasteiger partial charge in [-0.2, -0.15) is 5.26 Å². The van der Waals surface area contributed by atoms with Crippen LogP contribution in [0.1, 0.15) is 29.8 Å². The summed E-state index contributed by atoms with van der Waals surface area (Å²) in [5.41, 5.74) is 1.97. The fourth-order valence-corrected chi connectivity index (χ4v) is 1.68. The third-order valence-electron chi connectivity index (χ3n) is 2.69. The first-order valence-electron chi connectivity index (χ1n) is 5.94. The second-order valence-electron chi connectivity index (χ2n) is 4.02. The zero-order valence-corrected chi connectivity index (χ0v) is 11.1. The van der Waals surface area contributed by atoms with E-state index < -0.39 is 0 Å². The summed E-state index contributed by atoms with van der Waals surface area (Å²) in [5, 5.41) is 8.91. The molecule has 4 heteroatoms. The van der Waals surface area contributed by atoms with Gasteiger partial charge in [-0.15, -0.1) is 0 Å². The summed E-state index contributed by atoms with van der Waals surface area (Å²) in [5.74, 6) is -0.00208. The third kappa shape index (κ3) is 3.57. The highest BCUT2D eigenvalue weighted by molar-refractivity contribution is 5.99. The fraction of sp³-hybridized carbons (Fsp3) is 0.429. The van der Waals surface area contributed by atoms with Crippen LogP contribution in [0, 0.1) is 11.3 Å². The number of anilines is 1. The van der Waals surface area contributed by atoms with Gasteiger partial charge < -0.3 is 9.64 Å². The van der Waals surface area contributed by atoms with Gasteiger partial charge in [-0.05, 0) is 32.0 Å². The molecule has 18 heavy (non-hydrogen) atoms. The zero-order valence-electron chi connectivity index (χ0n) is 11.1. The number of ketones is 1. The van der Waals surface area contributed by atoms with Crippen LogP contribution >= 0.6 is 0 Å². The maximum absolute atomic E-state index is 11.6. The number of carbonyl (C=O) groups excluding carboxylic acids is 1. The molecule has 0 unspecified atom stereocenters. The van der Waals surface area contributed by atoms with Crippen molar-refractivity contribution in [1.29, 1.82) is 5.26 Å². The Hall–Kier alpha value is -1.86. The number of hydrogen-bond acceptors (Lipinski definition) is 4. The van der Waals surface area contributed by atoms with Crippen LogP contribution in [0.15, 0.2) is 18.2 Å². The zero-order chi connectivity index (χ0) is 13.5. The van der Waals surface area contributed by atoms with E-state index in [-0.39, 0.29) is 5.78 Å². The average Bonchev–Trinajstić information content (AvgIpc) is 2.38. The van der Waals surface area contributed by atoms with Crippen LogP contribution in [0.3, 0.4) is 0 Å². The first-order valence-corrected chi connectivity index (χ1v) is 5.94. The van der Waals surface area contributed by atoms with Crippen LogP contribution < -0.4 is 4.90 Å². The maximum Gasteiger partial charge on any atom is 0.161 e. The van der Waals surface area contributed by atoms with Crippen LogP contribution in [0.4, 0.5) is 5.69 Å². The lowest BCUT2D eigenvalue weighted by molar-refractivity contribution is 0.101. The lowest BCUT2D eigenvalue weighted by Crippen LogP contribution is -2.24. The molecule has 0 aliphatic carbocycles. The van der Waals surface area contributed by atoms with Gasteiger partial charge in [-0.25, -0.2) is 0 Å². The number of likely N-dealkylation sites (N-methyl/N-ethyl adjacent to an activating group) is 1. The normalized spacial score (nSPS) is 9.89. The Kier molecular flexibility index (Phi) is 5.34. The van der Waals surface area contributed by atoms with E-state index in [1.807, 2.05) is 18.9 Å². The van der Waals surface area contributed by atoms with E-state index in [1.165, 1.54) is 6.92 Å². The van der Waals surface area contributed by atoms with Crippen molar-refractivity contribution in [3.05, 3.63) is 29.3 Å². The molecule has 0 amide bonds. The van der Waals surface area contributed by atoms with Crippen LogP contribution in [-0.4, -0.2) is 32.6 Å². The molecule has 0 radical (unpaired) electrons. The molecule has 1 rings (SSSR count). The van der Waals surface area contributed by atoms with Crippen molar-refractivity contribution < 1.29 is 9.53 Å². The molecule has 0 saturated heterocycles. The molecule has 0 fully saturated rings. The van der Waals surface area contributed by atoms with E-state index in [1.54, 1.807) is 18.2 Å². The Bertz CT molecular complexity index is 463. The van der Waals surface area contributed by atoms with Crippen molar-refractivity contribution in [2.75, 3.05) is 31.7 Å². The monoisotopic (exact) mass is 246 g/mol. The number of hydrogen-bond donors (Lipinski definition) is 0. The molecular weight excluding hydrogens is 228 g/mol. The summed E-state index contributed by atoms with van der Waals surface area (Å²) < 4.78 is 5.29. The minimum Gasteiger partial charge on any atom is -0.380 e. The lowest BCUT2D eigenvalue weighted by atomic mass is 10.1. The standard InChI is InChI=1S/C14H18N2O2/c1-4-18-8-7-16(3)14-9-12(10-15)5-6-13(14)11(2)17/h5-6,9H,4,7-8H2,1-3H3. The molecular formula is C14H18N2O2. The number of nitrogens with zero attached hydrogens (tertiary/aromatic N) is 2. The predicted octanol–water partition coefficient (Wildman–Crippen LogP) is 2.23. The number of ether oxygens (including phenoxy) is 1. The second kappa shape index (κ2) is 6.77. The summed E-state index contributed by atoms with van der Waals surface area (Å²) >= 11 is 0. The van der Waals surface area contributed by atoms with Crippen LogP contribution in [-0.2, 0) is 4.74 Å². The molecule has 0 aliphatic heterocycles. The van der Waals surface area contributed by atoms with E-state index in [0.717, 1.165) is 5.69 Å². The molecule has 0 spiro atoms. The third-order valence-corrected chi connectivity index (χ3v) is 2.69. The maximum atomic E-state index is 11.6. The number of rotatable bonds is 6. The van der Waals surface area contributed by atoms with Crippen molar-refractivity contribution in [1.82, 2.24) is 0 Å². The number of nitriles is 1. The first-order chi connectivity index (χ1) is 8.60. The van der Waals surface area contributed by atoms with E-state index >= 15 is 0 Å². The van der Waals surface area contributed by atoms with Gasteiger partial charge in [-0.3, -0.25) is 4.79 Å². The van der Waals surface area contributed by atoms with Crippen molar-refractivity contribution in [2.24, 2.45) is 0 Å². The van der Waals surface area contributed by atoms with E-state index in [2.05, 4.69) is 6.07 Å². The first kappa shape index (κ1) is 14.2. The lowest BCUT2D eigenvalue weighted by Gasteiger charge is -2.21. The highest BCUT2D eigenvalue weighted by Gasteiger charge is 2.12. The number of Topliss-reactive ketones (excluding diaryl/α,β-unsaturated/α-hetero) is 1. The topological polar surface area (TPSA) is 53.3 Å². The van der Waals surface area contributed by atoms with Crippen molar-refractivity contribution >= 4 is 11.5 Å². The molecule has 0 N–H and O–H groups in total. The molecule has 0 aromatic heterocycles. The van der Waals surface area contributed by atoms with Crippen LogP contribution in [0.25, 0.3) is 0 Å². The van der Waals surface area contributed by atoms with Crippen molar-refractivity contribution in [3.63, 3.8) is 0 Å². The van der Waals surface area contributed by atoms with Gasteiger partial charge in [0.05, 0.1) is 18.2 Å². The highest BCUT2D eigenvalue weighted by Crippen LogP contribution is 2.21. The molecule has 0 bridgehead atoms. The fourth-order valence-electron chi connectivity index (χ4n) is 1.68. The van der Waals surface area contributed by atoms with Gasteiger partial charge >= 0.3 is 0 Å². The smallest absolute Gasteiger partial charge is 0.161 e. The van der Waals surface area contributed by atoms with Crippen molar-refractivity contribution in [3.8, 4) is 6.07 Å². The molecule has 0 saturated carbocycles. The molecule has 0 heterocycles. The molecule has 0 aliphatic rings. The van der Waals surface area contributed by atoms with Gasteiger partial charge in [0.25, 0.3) is 0 Å². The molecule has 1 aromatic rings. The Labute approximate surface area is 108 Å². The molecule has 4 nitrogen and oxygen atoms in total. The van der Waals surface area contributed by atoms with Gasteiger partial charge in [0.15, 0.2) is 5.78 Å². The summed E-state index contributed by atoms with van der Waals surface area (Å²) in [6.45, 7) is 5.42. The van der Waals surface area contributed by atoms with E-state index in [9.17, 15) is 4.79 Å². The Balaban J connectivity index is 2.96. The summed E-state index contributed by atoms with van der Waals surface area (Å²) in [4.78, 5) is 13.5. The van der Waals surface area contributed by atoms with Gasteiger partial charge in [0, 0.05) is 31.5 Å². The minimum absolute atomic E-state index is 0.00208. The molecule has 96 valence electrons. The molecule has 1 aromatic carbocycles. The highest BCUT2D eigenvalue weighted by atomic mass is 16.5. The minimum atomic E-state index is -0.00208. The van der Waals surface area contributed by atoms with E-state index in [4.69, 9.17) is 10.00 Å². The largest absolute Gasteiger partial charge is 0.380 e. The molecule has 0 atom stereocenters. The Morgan fingerprint density at radius 1 is 1.50 bits per heavy atom. The van der Waals surface area contributed by atoms with Crippen molar-refractivity contribution in [2.45, 2.75) is 13.8 Å². The van der Waals surface area contributed by atoms with E-state index in [0.29, 0.717) is 30.9 Å². The summed E-state index contributed by atoms with van der Waals surface area (Å²) in [7, 11) is 1.89. The van der Waals surface area contributed by atoms with Gasteiger partial charge in [0.2, 0.25) is 0 Å². The summed E-state index contributed by atoms with van der Waals surface area (Å²) in [6, 6.07) is 7.19. The Morgan fingerprint density at radius 2 is 2.22 bits per heavy atom. The predicted molar refractivity (Wildman–Crippen MR) is 70.9 cm³/mol. The number of benzene rings is 1. The van der Waals surface area contributed by atoms with Gasteiger partial charge in [-0.1, -0.05) is 0 Å². The summed E-state index contributed by atoms with van der Waals surface area (Å²) in [6.07, 6.45) is 0.